The minimum absolute atomic E-state index is 0.638. The van der Waals surface area contributed by atoms with Crippen molar-refractivity contribution in [3.63, 3.8) is 0 Å². The van der Waals surface area contributed by atoms with Gasteiger partial charge in [-0.2, -0.15) is 10.2 Å². The normalized spacial score (nSPS) is 12.9. The summed E-state index contributed by atoms with van der Waals surface area (Å²) in [7, 11) is 0. The number of nitrogens with zero attached hydrogens (tertiary/aromatic N) is 6. The van der Waals surface area contributed by atoms with Crippen LogP contribution in [0.1, 0.15) is 22.4 Å². The lowest BCUT2D eigenvalue weighted by molar-refractivity contribution is 0.826. The standard InChI is InChI=1S/C21H18N6/c1-15-7-8-18-20(9-15)27-19(11-21(25-18)26-14-22-13-24-26)17(12-23-27)10-16-5-3-2-4-6-16/h2-9,12-14H,10-11H2,1H3. The molecule has 2 aromatic carbocycles. The third-order valence-electron chi connectivity index (χ3n) is 4.81. The van der Waals surface area contributed by atoms with E-state index in [2.05, 4.69) is 53.4 Å². The first-order valence-electron chi connectivity index (χ1n) is 8.91. The van der Waals surface area contributed by atoms with Crippen LogP contribution in [0.4, 0.5) is 5.69 Å². The molecule has 6 nitrogen and oxygen atoms in total. The molecule has 0 unspecified atom stereocenters. The van der Waals surface area contributed by atoms with Crippen LogP contribution in [0, 0.1) is 6.92 Å². The Bertz CT molecular complexity index is 1120. The number of aliphatic imine (C=N–C) groups is 1. The van der Waals surface area contributed by atoms with Crippen molar-refractivity contribution in [2.24, 2.45) is 4.99 Å². The molecule has 2 aromatic heterocycles. The van der Waals surface area contributed by atoms with Crippen molar-refractivity contribution in [1.29, 1.82) is 0 Å². The molecular formula is C21H18N6. The van der Waals surface area contributed by atoms with Crippen molar-refractivity contribution in [1.82, 2.24) is 24.5 Å². The molecule has 1 aliphatic rings. The zero-order valence-electron chi connectivity index (χ0n) is 14.9. The number of benzene rings is 2. The first kappa shape index (κ1) is 15.7. The molecule has 0 N–H and O–H groups in total. The first-order valence-corrected chi connectivity index (χ1v) is 8.91. The highest BCUT2D eigenvalue weighted by Crippen LogP contribution is 2.31. The molecule has 0 bridgehead atoms. The molecule has 0 saturated heterocycles. The Balaban J connectivity index is 1.67. The summed E-state index contributed by atoms with van der Waals surface area (Å²) in [5.41, 5.74) is 6.67. The summed E-state index contributed by atoms with van der Waals surface area (Å²) in [6, 6.07) is 16.7. The van der Waals surface area contributed by atoms with E-state index in [1.54, 1.807) is 11.0 Å². The number of aryl methyl sites for hydroxylation is 1. The Hall–Kier alpha value is -3.54. The molecule has 0 radical (unpaired) electrons. The van der Waals surface area contributed by atoms with Gasteiger partial charge in [0, 0.05) is 6.42 Å². The van der Waals surface area contributed by atoms with Gasteiger partial charge in [0.25, 0.3) is 0 Å². The third kappa shape index (κ3) is 2.85. The zero-order chi connectivity index (χ0) is 18.2. The second-order valence-electron chi connectivity index (χ2n) is 6.73. The van der Waals surface area contributed by atoms with Crippen molar-refractivity contribution < 1.29 is 0 Å². The van der Waals surface area contributed by atoms with Gasteiger partial charge in [-0.1, -0.05) is 36.4 Å². The number of hydrogen-bond acceptors (Lipinski definition) is 4. The van der Waals surface area contributed by atoms with Crippen LogP contribution in [0.15, 0.2) is 72.4 Å². The molecule has 5 rings (SSSR count). The summed E-state index contributed by atoms with van der Waals surface area (Å²) in [6.45, 7) is 2.08. The predicted octanol–water partition coefficient (Wildman–Crippen LogP) is 3.50. The number of fused-ring (bicyclic) bond motifs is 3. The van der Waals surface area contributed by atoms with E-state index in [9.17, 15) is 0 Å². The number of hydrogen-bond donors (Lipinski definition) is 0. The van der Waals surface area contributed by atoms with Gasteiger partial charge in [0.05, 0.1) is 29.7 Å². The topological polar surface area (TPSA) is 60.9 Å². The van der Waals surface area contributed by atoms with E-state index in [1.165, 1.54) is 23.0 Å². The zero-order valence-corrected chi connectivity index (χ0v) is 14.9. The molecule has 3 heterocycles. The summed E-state index contributed by atoms with van der Waals surface area (Å²) < 4.78 is 3.76. The van der Waals surface area contributed by atoms with Gasteiger partial charge in [-0.3, -0.25) is 0 Å². The summed E-state index contributed by atoms with van der Waals surface area (Å²) >= 11 is 0. The van der Waals surface area contributed by atoms with Crippen LogP contribution in [-0.2, 0) is 12.8 Å². The second kappa shape index (κ2) is 6.32. The molecule has 132 valence electrons. The van der Waals surface area contributed by atoms with Gasteiger partial charge in [-0.15, -0.1) is 0 Å². The fourth-order valence-corrected chi connectivity index (χ4v) is 3.47. The average molecular weight is 354 g/mol. The lowest BCUT2D eigenvalue weighted by Gasteiger charge is -2.09. The molecule has 0 fully saturated rings. The molecule has 0 amide bonds. The summed E-state index contributed by atoms with van der Waals surface area (Å²) in [6.07, 6.45) is 6.67. The van der Waals surface area contributed by atoms with E-state index in [4.69, 9.17) is 10.1 Å². The molecule has 4 aromatic rings. The van der Waals surface area contributed by atoms with Gasteiger partial charge in [0.2, 0.25) is 0 Å². The number of aromatic nitrogens is 5. The average Bonchev–Trinajstić information content (AvgIpc) is 3.31. The molecule has 6 heteroatoms. The van der Waals surface area contributed by atoms with E-state index in [1.807, 2.05) is 23.0 Å². The molecule has 0 aliphatic carbocycles. The Morgan fingerprint density at radius 2 is 1.93 bits per heavy atom. The van der Waals surface area contributed by atoms with Crippen molar-refractivity contribution in [3.8, 4) is 5.69 Å². The highest BCUT2D eigenvalue weighted by atomic mass is 15.4. The quantitative estimate of drug-likeness (QED) is 0.553. The van der Waals surface area contributed by atoms with Crippen LogP contribution in [-0.4, -0.2) is 30.4 Å². The number of rotatable bonds is 2. The third-order valence-corrected chi connectivity index (χ3v) is 4.81. The highest BCUT2D eigenvalue weighted by Gasteiger charge is 2.22. The Labute approximate surface area is 156 Å². The maximum Gasteiger partial charge on any atom is 0.138 e. The SMILES string of the molecule is Cc1ccc2c(c1)-n1ncc(Cc3ccccc3)c1CC(n1cncn1)=N2. The van der Waals surface area contributed by atoms with Gasteiger partial charge in [-0.25, -0.2) is 19.3 Å². The first-order chi connectivity index (χ1) is 13.3. The lowest BCUT2D eigenvalue weighted by atomic mass is 10.0. The van der Waals surface area contributed by atoms with Crippen molar-refractivity contribution in [2.75, 3.05) is 0 Å². The second-order valence-corrected chi connectivity index (χ2v) is 6.73. The van der Waals surface area contributed by atoms with Gasteiger partial charge in [0.15, 0.2) is 0 Å². The maximum absolute atomic E-state index is 4.87. The molecule has 27 heavy (non-hydrogen) atoms. The Kier molecular flexibility index (Phi) is 3.67. The van der Waals surface area contributed by atoms with Crippen molar-refractivity contribution in [2.45, 2.75) is 19.8 Å². The van der Waals surface area contributed by atoms with E-state index in [0.717, 1.165) is 29.3 Å². The van der Waals surface area contributed by atoms with Gasteiger partial charge < -0.3 is 0 Å². The summed E-state index contributed by atoms with van der Waals surface area (Å²) in [4.78, 5) is 8.95. The van der Waals surface area contributed by atoms with E-state index in [-0.39, 0.29) is 0 Å². The van der Waals surface area contributed by atoms with E-state index >= 15 is 0 Å². The fourth-order valence-electron chi connectivity index (χ4n) is 3.47. The molecule has 0 saturated carbocycles. The molecule has 1 aliphatic heterocycles. The summed E-state index contributed by atoms with van der Waals surface area (Å²) in [5.74, 6) is 0.839. The minimum Gasteiger partial charge on any atom is -0.235 e. The van der Waals surface area contributed by atoms with Gasteiger partial charge in [0.1, 0.15) is 18.5 Å². The van der Waals surface area contributed by atoms with Gasteiger partial charge in [-0.05, 0) is 35.7 Å². The highest BCUT2D eigenvalue weighted by molar-refractivity contribution is 5.90. The van der Waals surface area contributed by atoms with Crippen LogP contribution < -0.4 is 0 Å². The largest absolute Gasteiger partial charge is 0.235 e. The Morgan fingerprint density at radius 1 is 1.04 bits per heavy atom. The lowest BCUT2D eigenvalue weighted by Crippen LogP contribution is -2.17. The minimum atomic E-state index is 0.638. The smallest absolute Gasteiger partial charge is 0.138 e. The van der Waals surface area contributed by atoms with E-state index in [0.29, 0.717) is 6.42 Å². The fraction of sp³-hybridized carbons (Fsp3) is 0.143. The van der Waals surface area contributed by atoms with Gasteiger partial charge >= 0.3 is 0 Å². The van der Waals surface area contributed by atoms with E-state index < -0.39 is 0 Å². The maximum atomic E-state index is 4.87. The van der Waals surface area contributed by atoms with Crippen molar-refractivity contribution in [3.05, 3.63) is 89.8 Å². The van der Waals surface area contributed by atoms with Crippen LogP contribution in [0.5, 0.6) is 0 Å². The molecule has 0 spiro atoms. The van der Waals surface area contributed by atoms with Crippen LogP contribution >= 0.6 is 0 Å². The van der Waals surface area contributed by atoms with Crippen molar-refractivity contribution >= 4 is 11.5 Å². The van der Waals surface area contributed by atoms with Crippen LogP contribution in [0.3, 0.4) is 0 Å². The molecular weight excluding hydrogens is 336 g/mol. The van der Waals surface area contributed by atoms with Crippen LogP contribution in [0.2, 0.25) is 0 Å². The molecule has 0 atom stereocenters. The summed E-state index contributed by atoms with van der Waals surface area (Å²) in [5, 5.41) is 9.00. The Morgan fingerprint density at radius 3 is 2.74 bits per heavy atom. The van der Waals surface area contributed by atoms with Crippen LogP contribution in [0.25, 0.3) is 5.69 Å². The monoisotopic (exact) mass is 354 g/mol. The predicted molar refractivity (Wildman–Crippen MR) is 104 cm³/mol.